The van der Waals surface area contributed by atoms with Crippen molar-refractivity contribution >= 4 is 17.6 Å². The number of Topliss-reactive ketones (excluding diaryl/α,β-unsaturated/α-hetero) is 1. The van der Waals surface area contributed by atoms with Gasteiger partial charge in [-0.25, -0.2) is 4.79 Å². The number of nitrogens with zero attached hydrogens (tertiary/aromatic N) is 4. The van der Waals surface area contributed by atoms with Crippen molar-refractivity contribution in [2.75, 3.05) is 13.1 Å². The van der Waals surface area contributed by atoms with Crippen molar-refractivity contribution < 1.29 is 19.3 Å². The number of piperidine rings is 1. The van der Waals surface area contributed by atoms with E-state index in [4.69, 9.17) is 4.84 Å². The highest BCUT2D eigenvalue weighted by atomic mass is 16.7. The number of hydrogen-bond donors (Lipinski definition) is 0. The first-order chi connectivity index (χ1) is 8.56. The van der Waals surface area contributed by atoms with Gasteiger partial charge in [0, 0.05) is 25.9 Å². The molecule has 1 fully saturated rings. The summed E-state index contributed by atoms with van der Waals surface area (Å²) in [5.74, 6) is 0.105. The first kappa shape index (κ1) is 12.0. The van der Waals surface area contributed by atoms with Crippen LogP contribution in [0.3, 0.4) is 0 Å². The van der Waals surface area contributed by atoms with Crippen LogP contribution in [0, 0.1) is 10.1 Å². The Kier molecular flexibility index (Phi) is 3.22. The number of ketones is 1. The molecule has 0 aromatic carbocycles. The molecule has 18 heavy (non-hydrogen) atoms. The van der Waals surface area contributed by atoms with E-state index < -0.39 is 11.0 Å². The van der Waals surface area contributed by atoms with E-state index in [-0.39, 0.29) is 11.5 Å². The van der Waals surface area contributed by atoms with Crippen molar-refractivity contribution in [2.45, 2.75) is 12.8 Å². The summed E-state index contributed by atoms with van der Waals surface area (Å²) in [7, 11) is 0. The molecule has 96 valence electrons. The SMILES string of the molecule is O=C1CCN(C(=O)On2cc([N+](=O)[O-])cn2)CC1. The highest BCUT2D eigenvalue weighted by Crippen LogP contribution is 2.09. The Morgan fingerprint density at radius 2 is 2.11 bits per heavy atom. The molecule has 1 aliphatic rings. The van der Waals surface area contributed by atoms with Gasteiger partial charge in [0.05, 0.1) is 4.92 Å². The van der Waals surface area contributed by atoms with Gasteiger partial charge in [-0.2, -0.15) is 0 Å². The lowest BCUT2D eigenvalue weighted by molar-refractivity contribution is -0.385. The zero-order valence-electron chi connectivity index (χ0n) is 9.31. The van der Waals surface area contributed by atoms with Crippen molar-refractivity contribution in [1.82, 2.24) is 14.8 Å². The van der Waals surface area contributed by atoms with Crippen LogP contribution >= 0.6 is 0 Å². The van der Waals surface area contributed by atoms with E-state index in [1.165, 1.54) is 4.90 Å². The van der Waals surface area contributed by atoms with Gasteiger partial charge in [-0.15, -0.1) is 5.10 Å². The van der Waals surface area contributed by atoms with Gasteiger partial charge in [-0.3, -0.25) is 19.7 Å². The van der Waals surface area contributed by atoms with E-state index in [9.17, 15) is 19.7 Å². The van der Waals surface area contributed by atoms with E-state index >= 15 is 0 Å². The maximum Gasteiger partial charge on any atom is 0.435 e. The molecule has 1 aromatic rings. The number of carbonyl (C=O) groups is 2. The van der Waals surface area contributed by atoms with Crippen molar-refractivity contribution in [3.8, 4) is 0 Å². The molecule has 1 saturated heterocycles. The van der Waals surface area contributed by atoms with Crippen molar-refractivity contribution in [2.24, 2.45) is 0 Å². The van der Waals surface area contributed by atoms with Crippen LogP contribution in [0.2, 0.25) is 0 Å². The Labute approximate surface area is 101 Å². The third kappa shape index (κ3) is 2.62. The number of rotatable bonds is 2. The largest absolute Gasteiger partial charge is 0.435 e. The average Bonchev–Trinajstić information content (AvgIpc) is 2.78. The molecule has 0 radical (unpaired) electrons. The van der Waals surface area contributed by atoms with Crippen LogP contribution in [0.15, 0.2) is 12.4 Å². The summed E-state index contributed by atoms with van der Waals surface area (Å²) in [6.07, 6.45) is 1.89. The molecule has 1 aliphatic heterocycles. The Hall–Kier alpha value is -2.45. The number of nitro groups is 1. The predicted molar refractivity (Wildman–Crippen MR) is 56.7 cm³/mol. The fourth-order valence-corrected chi connectivity index (χ4v) is 1.52. The molecule has 0 atom stereocenters. The third-order valence-corrected chi connectivity index (χ3v) is 2.51. The molecule has 2 rings (SSSR count). The maximum absolute atomic E-state index is 11.6. The molecule has 0 N–H and O–H groups in total. The lowest BCUT2D eigenvalue weighted by atomic mass is 10.1. The Balaban J connectivity index is 1.94. The average molecular weight is 254 g/mol. The summed E-state index contributed by atoms with van der Waals surface area (Å²) in [5, 5.41) is 13.9. The summed E-state index contributed by atoms with van der Waals surface area (Å²) in [6.45, 7) is 0.585. The van der Waals surface area contributed by atoms with Crippen LogP contribution in [0.5, 0.6) is 0 Å². The van der Waals surface area contributed by atoms with Crippen LogP contribution in [0.4, 0.5) is 10.5 Å². The zero-order valence-corrected chi connectivity index (χ0v) is 9.31. The van der Waals surface area contributed by atoms with Crippen LogP contribution in [-0.2, 0) is 4.79 Å². The molecular weight excluding hydrogens is 244 g/mol. The second kappa shape index (κ2) is 4.82. The van der Waals surface area contributed by atoms with Gasteiger partial charge in [-0.05, 0) is 0 Å². The van der Waals surface area contributed by atoms with Gasteiger partial charge in [0.1, 0.15) is 18.2 Å². The number of amides is 1. The number of hydrogen-bond acceptors (Lipinski definition) is 6. The first-order valence-electron chi connectivity index (χ1n) is 5.24. The quantitative estimate of drug-likeness (QED) is 0.543. The van der Waals surface area contributed by atoms with E-state index in [2.05, 4.69) is 5.10 Å². The van der Waals surface area contributed by atoms with E-state index in [0.29, 0.717) is 25.9 Å². The highest BCUT2D eigenvalue weighted by Gasteiger charge is 2.23. The fraction of sp³-hybridized carbons (Fsp3) is 0.444. The second-order valence-electron chi connectivity index (χ2n) is 3.74. The Bertz CT molecular complexity index is 487. The van der Waals surface area contributed by atoms with Gasteiger partial charge in [-0.1, -0.05) is 4.85 Å². The number of likely N-dealkylation sites (tertiary alicyclic amines) is 1. The molecule has 9 heteroatoms. The maximum atomic E-state index is 11.6. The lowest BCUT2D eigenvalue weighted by Gasteiger charge is -2.24. The van der Waals surface area contributed by atoms with Gasteiger partial charge >= 0.3 is 11.8 Å². The molecule has 0 bridgehead atoms. The van der Waals surface area contributed by atoms with Gasteiger partial charge in [0.25, 0.3) is 0 Å². The molecule has 1 amide bonds. The Morgan fingerprint density at radius 1 is 1.44 bits per heavy atom. The molecule has 0 aliphatic carbocycles. The minimum absolute atomic E-state index is 0.105. The summed E-state index contributed by atoms with van der Waals surface area (Å²) in [5.41, 5.74) is -0.267. The topological polar surface area (TPSA) is 108 Å². The van der Waals surface area contributed by atoms with E-state index in [1.807, 2.05) is 0 Å². The summed E-state index contributed by atoms with van der Waals surface area (Å²) >= 11 is 0. The molecule has 0 unspecified atom stereocenters. The molecule has 9 nitrogen and oxygen atoms in total. The second-order valence-corrected chi connectivity index (χ2v) is 3.74. The van der Waals surface area contributed by atoms with Crippen LogP contribution in [-0.4, -0.2) is 44.7 Å². The number of aromatic nitrogens is 2. The normalized spacial score (nSPS) is 15.6. The third-order valence-electron chi connectivity index (χ3n) is 2.51. The highest BCUT2D eigenvalue weighted by molar-refractivity contribution is 5.81. The summed E-state index contributed by atoms with van der Waals surface area (Å²) in [6, 6.07) is 0. The van der Waals surface area contributed by atoms with Crippen LogP contribution in [0.25, 0.3) is 0 Å². The predicted octanol–water partition coefficient (Wildman–Crippen LogP) is 0.00480. The van der Waals surface area contributed by atoms with Crippen LogP contribution < -0.4 is 4.84 Å². The molecule has 2 heterocycles. The molecule has 0 spiro atoms. The smallest absolute Gasteiger partial charge is 0.305 e. The number of carbonyl (C=O) groups excluding carboxylic acids is 2. The van der Waals surface area contributed by atoms with Crippen molar-refractivity contribution in [1.29, 1.82) is 0 Å². The monoisotopic (exact) mass is 254 g/mol. The minimum atomic E-state index is -0.680. The minimum Gasteiger partial charge on any atom is -0.305 e. The molecule has 0 saturated carbocycles. The van der Waals surface area contributed by atoms with Crippen molar-refractivity contribution in [3.63, 3.8) is 0 Å². The lowest BCUT2D eigenvalue weighted by Crippen LogP contribution is -2.42. The van der Waals surface area contributed by atoms with E-state index in [1.54, 1.807) is 0 Å². The zero-order chi connectivity index (χ0) is 13.1. The first-order valence-corrected chi connectivity index (χ1v) is 5.24. The van der Waals surface area contributed by atoms with E-state index in [0.717, 1.165) is 17.2 Å². The standard InChI is InChI=1S/C9H10N4O5/c14-8-1-3-11(4-2-8)9(15)18-12-6-7(5-10-12)13(16)17/h5-6H,1-4H2. The van der Waals surface area contributed by atoms with Gasteiger partial charge < -0.3 is 4.90 Å². The van der Waals surface area contributed by atoms with Crippen LogP contribution in [0.1, 0.15) is 12.8 Å². The fourth-order valence-electron chi connectivity index (χ4n) is 1.52. The van der Waals surface area contributed by atoms with Gasteiger partial charge in [0.2, 0.25) is 0 Å². The summed E-state index contributed by atoms with van der Waals surface area (Å²) < 4.78 is 0. The van der Waals surface area contributed by atoms with Crippen molar-refractivity contribution in [3.05, 3.63) is 22.5 Å². The van der Waals surface area contributed by atoms with Gasteiger partial charge in [0.15, 0.2) is 0 Å². The Morgan fingerprint density at radius 3 is 2.67 bits per heavy atom. The molecular formula is C9H10N4O5. The summed E-state index contributed by atoms with van der Waals surface area (Å²) in [4.78, 5) is 39.3. The molecule has 1 aromatic heterocycles.